The van der Waals surface area contributed by atoms with E-state index >= 15 is 0 Å². The lowest BCUT2D eigenvalue weighted by atomic mass is 9.99. The van der Waals surface area contributed by atoms with Crippen LogP contribution in [0.5, 0.6) is 0 Å². The number of carbonyl (C=O) groups is 2. The standard InChI is InChI=1S/C35H42Cl2N6O5/c1-24-23-48-18-15-41(24)10-2-11-43-32-9-12-42(35(47)34(38)46)22-29(32)33(39-43)27-6-8-30(36)26(20-27)5-3-25-4-7-31(37)28(19-25)21-40(13-16-44)14-17-45/h4,6-8,19-20,24,44-45H,2,9-18,21-23H2,1H3,(H2,38,46)/t24-/m0/s1. The lowest BCUT2D eigenvalue weighted by molar-refractivity contribution is -0.144. The molecule has 11 nitrogen and oxygen atoms in total. The number of aliphatic hydroxyl groups excluding tert-OH is 2. The van der Waals surface area contributed by atoms with Crippen molar-refractivity contribution in [2.45, 2.75) is 45.4 Å². The number of ether oxygens (including phenoxy) is 1. The summed E-state index contributed by atoms with van der Waals surface area (Å²) in [5.74, 6) is 4.71. The molecule has 1 fully saturated rings. The van der Waals surface area contributed by atoms with Gasteiger partial charge in [0.15, 0.2) is 0 Å². The van der Waals surface area contributed by atoms with Gasteiger partial charge in [0.05, 0.1) is 43.7 Å². The van der Waals surface area contributed by atoms with Gasteiger partial charge < -0.3 is 25.6 Å². The van der Waals surface area contributed by atoms with Gasteiger partial charge in [0.25, 0.3) is 0 Å². The Morgan fingerprint density at radius 3 is 2.56 bits per heavy atom. The van der Waals surface area contributed by atoms with Crippen LogP contribution in [-0.2, 0) is 40.4 Å². The van der Waals surface area contributed by atoms with E-state index in [1.807, 2.05) is 33.8 Å². The van der Waals surface area contributed by atoms with Gasteiger partial charge in [-0.15, -0.1) is 0 Å². The average Bonchev–Trinajstić information content (AvgIpc) is 3.44. The summed E-state index contributed by atoms with van der Waals surface area (Å²) in [5, 5.41) is 24.9. The molecule has 1 aromatic heterocycles. The monoisotopic (exact) mass is 696 g/mol. The number of nitrogens with two attached hydrogens (primary N) is 1. The molecular formula is C35H42Cl2N6O5. The molecule has 2 amide bonds. The number of amides is 2. The minimum absolute atomic E-state index is 0.0272. The molecule has 2 aliphatic heterocycles. The average molecular weight is 698 g/mol. The van der Waals surface area contributed by atoms with Crippen LogP contribution in [0, 0.1) is 11.8 Å². The van der Waals surface area contributed by atoms with Crippen molar-refractivity contribution in [3.05, 3.63) is 74.4 Å². The van der Waals surface area contributed by atoms with E-state index in [-0.39, 0.29) is 19.8 Å². The van der Waals surface area contributed by atoms with E-state index in [1.54, 1.807) is 12.1 Å². The molecule has 0 saturated carbocycles. The van der Waals surface area contributed by atoms with E-state index in [9.17, 15) is 19.8 Å². The molecule has 48 heavy (non-hydrogen) atoms. The summed E-state index contributed by atoms with van der Waals surface area (Å²) in [6, 6.07) is 11.5. The van der Waals surface area contributed by atoms with E-state index in [4.69, 9.17) is 38.8 Å². The molecule has 3 heterocycles. The maximum absolute atomic E-state index is 12.6. The molecule has 1 saturated heterocycles. The number of aliphatic hydroxyl groups is 2. The Kier molecular flexibility index (Phi) is 12.5. The van der Waals surface area contributed by atoms with Gasteiger partial charge in [0, 0.05) is 91.2 Å². The fourth-order valence-electron chi connectivity index (χ4n) is 6.23. The summed E-state index contributed by atoms with van der Waals surface area (Å²) < 4.78 is 7.62. The van der Waals surface area contributed by atoms with E-state index < -0.39 is 11.8 Å². The SMILES string of the molecule is C[C@H]1COCCN1CCCn1nc(-c2ccc(Cl)c(C#Cc3ccc(Cl)c(CN(CCO)CCO)c3)c2)c2c1CCN(C(=O)C(N)=O)C2. The van der Waals surface area contributed by atoms with Gasteiger partial charge in [-0.25, -0.2) is 0 Å². The third kappa shape index (κ3) is 8.76. The first-order chi connectivity index (χ1) is 23.2. The second-order valence-electron chi connectivity index (χ2n) is 12.1. The lowest BCUT2D eigenvalue weighted by Gasteiger charge is -2.33. The van der Waals surface area contributed by atoms with Crippen LogP contribution in [-0.4, -0.2) is 112 Å². The van der Waals surface area contributed by atoms with Crippen molar-refractivity contribution in [3.8, 4) is 23.1 Å². The third-order valence-corrected chi connectivity index (χ3v) is 9.50. The highest BCUT2D eigenvalue weighted by atomic mass is 35.5. The number of benzene rings is 2. The molecule has 1 atom stereocenters. The van der Waals surface area contributed by atoms with Crippen molar-refractivity contribution in [1.82, 2.24) is 24.5 Å². The van der Waals surface area contributed by atoms with Crippen LogP contribution in [0.4, 0.5) is 0 Å². The van der Waals surface area contributed by atoms with Crippen molar-refractivity contribution >= 4 is 35.0 Å². The van der Waals surface area contributed by atoms with Crippen LogP contribution in [0.2, 0.25) is 10.0 Å². The molecule has 0 unspecified atom stereocenters. The molecule has 2 aromatic carbocycles. The van der Waals surface area contributed by atoms with Crippen LogP contribution >= 0.6 is 23.2 Å². The number of morpholine rings is 1. The van der Waals surface area contributed by atoms with Crippen molar-refractivity contribution in [1.29, 1.82) is 0 Å². The zero-order valence-electron chi connectivity index (χ0n) is 27.1. The van der Waals surface area contributed by atoms with E-state index in [0.717, 1.165) is 60.7 Å². The van der Waals surface area contributed by atoms with Gasteiger partial charge in [0.1, 0.15) is 0 Å². The minimum Gasteiger partial charge on any atom is -0.395 e. The predicted octanol–water partition coefficient (Wildman–Crippen LogP) is 2.52. The van der Waals surface area contributed by atoms with E-state index in [1.165, 1.54) is 4.90 Å². The van der Waals surface area contributed by atoms with Gasteiger partial charge in [-0.05, 0) is 49.2 Å². The fraction of sp³-hybridized carbons (Fsp3) is 0.457. The maximum Gasteiger partial charge on any atom is 0.311 e. The zero-order chi connectivity index (χ0) is 34.2. The number of carbonyl (C=O) groups excluding carboxylic acids is 2. The fourth-order valence-corrected chi connectivity index (χ4v) is 6.57. The molecule has 0 aliphatic carbocycles. The van der Waals surface area contributed by atoms with E-state index in [2.05, 4.69) is 23.7 Å². The van der Waals surface area contributed by atoms with Crippen LogP contribution in [0.3, 0.4) is 0 Å². The van der Waals surface area contributed by atoms with Gasteiger partial charge >= 0.3 is 11.8 Å². The second-order valence-corrected chi connectivity index (χ2v) is 12.9. The molecule has 0 bridgehead atoms. The molecule has 2 aliphatic rings. The summed E-state index contributed by atoms with van der Waals surface area (Å²) in [7, 11) is 0. The summed E-state index contributed by atoms with van der Waals surface area (Å²) >= 11 is 13.1. The van der Waals surface area contributed by atoms with Crippen molar-refractivity contribution in [2.75, 3.05) is 59.2 Å². The predicted molar refractivity (Wildman–Crippen MR) is 184 cm³/mol. The molecule has 13 heteroatoms. The number of primary amides is 1. The highest BCUT2D eigenvalue weighted by Crippen LogP contribution is 2.32. The number of rotatable bonds is 11. The van der Waals surface area contributed by atoms with Gasteiger partial charge in [-0.2, -0.15) is 5.10 Å². The van der Waals surface area contributed by atoms with Crippen LogP contribution in [0.15, 0.2) is 36.4 Å². The zero-order valence-corrected chi connectivity index (χ0v) is 28.6. The smallest absolute Gasteiger partial charge is 0.311 e. The van der Waals surface area contributed by atoms with Crippen LogP contribution in [0.25, 0.3) is 11.3 Å². The first-order valence-corrected chi connectivity index (χ1v) is 17.0. The summed E-state index contributed by atoms with van der Waals surface area (Å²) in [6.07, 6.45) is 1.46. The Labute approximate surface area is 291 Å². The normalized spacial score (nSPS) is 16.5. The van der Waals surface area contributed by atoms with E-state index in [0.29, 0.717) is 66.5 Å². The third-order valence-electron chi connectivity index (χ3n) is 8.81. The largest absolute Gasteiger partial charge is 0.395 e. The lowest BCUT2D eigenvalue weighted by Crippen LogP contribution is -2.44. The van der Waals surface area contributed by atoms with Gasteiger partial charge in [0.2, 0.25) is 0 Å². The summed E-state index contributed by atoms with van der Waals surface area (Å²) in [5.41, 5.74) is 11.0. The Balaban J connectivity index is 1.42. The molecule has 4 N–H and O–H groups in total. The first-order valence-electron chi connectivity index (χ1n) is 16.2. The number of nitrogens with zero attached hydrogens (tertiary/aromatic N) is 5. The Bertz CT molecular complexity index is 1680. The first kappa shape index (κ1) is 35.8. The maximum atomic E-state index is 12.6. The van der Waals surface area contributed by atoms with Crippen molar-refractivity contribution in [2.24, 2.45) is 5.73 Å². The second kappa shape index (κ2) is 16.8. The highest BCUT2D eigenvalue weighted by Gasteiger charge is 2.30. The van der Waals surface area contributed by atoms with Gasteiger partial charge in [-0.1, -0.05) is 41.1 Å². The number of aryl methyl sites for hydroxylation is 1. The van der Waals surface area contributed by atoms with Crippen molar-refractivity contribution < 1.29 is 24.5 Å². The van der Waals surface area contributed by atoms with Crippen LogP contribution < -0.4 is 5.73 Å². The topological polar surface area (TPSA) is 137 Å². The highest BCUT2D eigenvalue weighted by molar-refractivity contribution is 6.34. The molecule has 3 aromatic rings. The quantitative estimate of drug-likeness (QED) is 0.206. The number of hydrogen-bond donors (Lipinski definition) is 3. The molecule has 256 valence electrons. The Morgan fingerprint density at radius 1 is 1.06 bits per heavy atom. The van der Waals surface area contributed by atoms with Gasteiger partial charge in [-0.3, -0.25) is 24.1 Å². The summed E-state index contributed by atoms with van der Waals surface area (Å²) in [6.45, 7) is 8.05. The molecule has 0 spiro atoms. The summed E-state index contributed by atoms with van der Waals surface area (Å²) in [4.78, 5) is 30.1. The number of fused-ring (bicyclic) bond motifs is 1. The number of hydrogen-bond acceptors (Lipinski definition) is 8. The minimum atomic E-state index is -0.976. The molecular weight excluding hydrogens is 655 g/mol. The Hall–Kier alpha value is -3.47. The van der Waals surface area contributed by atoms with Crippen molar-refractivity contribution in [3.63, 3.8) is 0 Å². The number of aromatic nitrogens is 2. The van der Waals surface area contributed by atoms with Crippen LogP contribution in [0.1, 0.15) is 41.3 Å². The molecule has 5 rings (SSSR count). The number of halogens is 2. The molecule has 0 radical (unpaired) electrons. The Morgan fingerprint density at radius 2 is 1.83 bits per heavy atom.